The molecule has 1 aromatic carbocycles. The zero-order chi connectivity index (χ0) is 20.9. The summed E-state index contributed by atoms with van der Waals surface area (Å²) >= 11 is 0. The lowest BCUT2D eigenvalue weighted by Crippen LogP contribution is -2.38. The van der Waals surface area contributed by atoms with Crippen LogP contribution in [0.2, 0.25) is 0 Å². The lowest BCUT2D eigenvalue weighted by molar-refractivity contribution is 0.0335. The summed E-state index contributed by atoms with van der Waals surface area (Å²) in [4.78, 5) is 42.2. The van der Waals surface area contributed by atoms with E-state index in [1.165, 1.54) is 11.9 Å². The summed E-state index contributed by atoms with van der Waals surface area (Å²) in [5.74, 6) is -4.05. The summed E-state index contributed by atoms with van der Waals surface area (Å²) in [5, 5.41) is 0.0914. The zero-order valence-electron chi connectivity index (χ0n) is 15.0. The SMILES string of the molecule is CN(C(=O)c1c[nH]c(=O)c(F)c1)[C@@H]1COCc2[nH]c(=O)c3cc(F)c(F)cc3c21. The van der Waals surface area contributed by atoms with Crippen LogP contribution in [0, 0.1) is 17.5 Å². The number of amides is 1. The van der Waals surface area contributed by atoms with Gasteiger partial charge in [-0.25, -0.2) is 13.2 Å². The van der Waals surface area contributed by atoms with Crippen molar-refractivity contribution in [2.24, 2.45) is 0 Å². The molecule has 1 atom stereocenters. The smallest absolute Gasteiger partial charge is 0.283 e. The van der Waals surface area contributed by atoms with Crippen molar-refractivity contribution in [1.29, 1.82) is 0 Å². The van der Waals surface area contributed by atoms with Crippen LogP contribution in [0.3, 0.4) is 0 Å². The predicted octanol–water partition coefficient (Wildman–Crippen LogP) is 1.98. The van der Waals surface area contributed by atoms with E-state index in [0.717, 1.165) is 24.4 Å². The van der Waals surface area contributed by atoms with Crippen LogP contribution < -0.4 is 11.1 Å². The molecule has 0 saturated heterocycles. The number of benzene rings is 1. The molecule has 0 spiro atoms. The lowest BCUT2D eigenvalue weighted by Gasteiger charge is -2.33. The molecule has 1 amide bonds. The lowest BCUT2D eigenvalue weighted by atomic mass is 9.95. The van der Waals surface area contributed by atoms with E-state index in [2.05, 4.69) is 9.97 Å². The molecule has 3 heterocycles. The normalized spacial score (nSPS) is 15.9. The van der Waals surface area contributed by atoms with Gasteiger partial charge < -0.3 is 19.6 Å². The van der Waals surface area contributed by atoms with Crippen LogP contribution in [-0.2, 0) is 11.3 Å². The summed E-state index contributed by atoms with van der Waals surface area (Å²) in [6.07, 6.45) is 1.08. The molecule has 4 rings (SSSR count). The fourth-order valence-electron chi connectivity index (χ4n) is 3.47. The summed E-state index contributed by atoms with van der Waals surface area (Å²) in [6.45, 7) is 0.0343. The van der Waals surface area contributed by atoms with Gasteiger partial charge in [0.1, 0.15) is 0 Å². The standard InChI is InChI=1S/C19H14F3N3O4/c1-25(19(28)8-2-13(22)18(27)23-5-8)15-7-29-6-14-16(15)9-3-11(20)12(21)4-10(9)17(26)24-14/h2-5,15H,6-7H2,1H3,(H,23,27)(H,24,26)/t15-/m1/s1. The van der Waals surface area contributed by atoms with E-state index in [9.17, 15) is 27.6 Å². The van der Waals surface area contributed by atoms with E-state index < -0.39 is 40.5 Å². The number of ether oxygens (including phenoxy) is 1. The Labute approximate surface area is 160 Å². The highest BCUT2D eigenvalue weighted by molar-refractivity contribution is 5.95. The Hall–Kier alpha value is -3.40. The first-order valence-corrected chi connectivity index (χ1v) is 8.55. The molecule has 150 valence electrons. The highest BCUT2D eigenvalue weighted by Crippen LogP contribution is 2.34. The second kappa shape index (κ2) is 6.89. The third-order valence-corrected chi connectivity index (χ3v) is 4.93. The number of fused-ring (bicyclic) bond motifs is 3. The number of nitrogens with one attached hydrogen (secondary N) is 2. The van der Waals surface area contributed by atoms with E-state index in [1.54, 1.807) is 0 Å². The molecule has 3 aromatic rings. The quantitative estimate of drug-likeness (QED) is 0.682. The number of nitrogens with zero attached hydrogens (tertiary/aromatic N) is 1. The first-order valence-electron chi connectivity index (χ1n) is 8.55. The Morgan fingerprint density at radius 2 is 1.76 bits per heavy atom. The van der Waals surface area contributed by atoms with Crippen molar-refractivity contribution < 1.29 is 22.7 Å². The second-order valence-electron chi connectivity index (χ2n) is 6.67. The summed E-state index contributed by atoms with van der Waals surface area (Å²) in [5.41, 5.74) is -0.944. The maximum Gasteiger partial charge on any atom is 0.283 e. The van der Waals surface area contributed by atoms with Crippen molar-refractivity contribution >= 4 is 16.7 Å². The number of hydrogen-bond donors (Lipinski definition) is 2. The first kappa shape index (κ1) is 18.9. The largest absolute Gasteiger partial charge is 0.373 e. The van der Waals surface area contributed by atoms with Gasteiger partial charge in [-0.2, -0.15) is 0 Å². The van der Waals surface area contributed by atoms with E-state index in [1.807, 2.05) is 0 Å². The van der Waals surface area contributed by atoms with Gasteiger partial charge in [0.25, 0.3) is 17.0 Å². The predicted molar refractivity (Wildman–Crippen MR) is 96.0 cm³/mol. The summed E-state index contributed by atoms with van der Waals surface area (Å²) < 4.78 is 46.6. The zero-order valence-corrected chi connectivity index (χ0v) is 15.0. The monoisotopic (exact) mass is 405 g/mol. The minimum Gasteiger partial charge on any atom is -0.373 e. The number of likely N-dealkylation sites (N-methyl/N-ethyl adjacent to an activating group) is 1. The average Bonchev–Trinajstić information content (AvgIpc) is 2.70. The van der Waals surface area contributed by atoms with Gasteiger partial charge in [0.15, 0.2) is 17.5 Å². The fourth-order valence-corrected chi connectivity index (χ4v) is 3.47. The Balaban J connectivity index is 1.85. The second-order valence-corrected chi connectivity index (χ2v) is 6.67. The van der Waals surface area contributed by atoms with Crippen molar-refractivity contribution in [3.05, 3.63) is 79.4 Å². The number of H-pyrrole nitrogens is 2. The average molecular weight is 405 g/mol. The molecular formula is C19H14F3N3O4. The van der Waals surface area contributed by atoms with E-state index in [0.29, 0.717) is 11.3 Å². The molecule has 0 radical (unpaired) electrons. The van der Waals surface area contributed by atoms with E-state index in [4.69, 9.17) is 4.74 Å². The Morgan fingerprint density at radius 1 is 1.07 bits per heavy atom. The minimum absolute atomic E-state index is 0.0151. The number of rotatable bonds is 2. The molecule has 0 aliphatic carbocycles. The molecule has 1 aliphatic rings. The number of halogens is 3. The maximum absolute atomic E-state index is 13.9. The molecule has 1 aliphatic heterocycles. The molecule has 10 heteroatoms. The fraction of sp³-hybridized carbons (Fsp3) is 0.211. The highest BCUT2D eigenvalue weighted by Gasteiger charge is 2.31. The molecule has 0 bridgehead atoms. The van der Waals surface area contributed by atoms with Gasteiger partial charge in [-0.05, 0) is 23.6 Å². The van der Waals surface area contributed by atoms with Crippen LogP contribution in [0.5, 0.6) is 0 Å². The van der Waals surface area contributed by atoms with Crippen LogP contribution in [0.25, 0.3) is 10.8 Å². The van der Waals surface area contributed by atoms with Gasteiger partial charge in [-0.1, -0.05) is 0 Å². The van der Waals surface area contributed by atoms with E-state index in [-0.39, 0.29) is 29.5 Å². The molecule has 0 fully saturated rings. The van der Waals surface area contributed by atoms with Crippen LogP contribution in [0.4, 0.5) is 13.2 Å². The number of hydrogen-bond acceptors (Lipinski definition) is 4. The molecule has 2 aromatic heterocycles. The van der Waals surface area contributed by atoms with Crippen LogP contribution >= 0.6 is 0 Å². The molecular weight excluding hydrogens is 391 g/mol. The van der Waals surface area contributed by atoms with E-state index >= 15 is 0 Å². The third-order valence-electron chi connectivity index (χ3n) is 4.93. The van der Waals surface area contributed by atoms with Crippen LogP contribution in [0.1, 0.15) is 27.7 Å². The molecule has 0 unspecified atom stereocenters. The van der Waals surface area contributed by atoms with Crippen molar-refractivity contribution in [2.75, 3.05) is 13.7 Å². The molecule has 7 nitrogen and oxygen atoms in total. The van der Waals surface area contributed by atoms with Crippen LogP contribution in [-0.4, -0.2) is 34.4 Å². The van der Waals surface area contributed by atoms with Gasteiger partial charge >= 0.3 is 0 Å². The third kappa shape index (κ3) is 3.11. The van der Waals surface area contributed by atoms with Crippen molar-refractivity contribution in [3.63, 3.8) is 0 Å². The summed E-state index contributed by atoms with van der Waals surface area (Å²) in [7, 11) is 1.42. The number of aromatic nitrogens is 2. The summed E-state index contributed by atoms with van der Waals surface area (Å²) in [6, 6.07) is 1.75. The highest BCUT2D eigenvalue weighted by atomic mass is 19.2. The first-order chi connectivity index (χ1) is 13.8. The number of aromatic amines is 2. The number of carbonyl (C=O) groups excluding carboxylic acids is 1. The number of carbonyl (C=O) groups is 1. The Morgan fingerprint density at radius 3 is 2.45 bits per heavy atom. The topological polar surface area (TPSA) is 95.3 Å². The minimum atomic E-state index is -1.17. The Bertz CT molecular complexity index is 1270. The van der Waals surface area contributed by atoms with Gasteiger partial charge in [0.2, 0.25) is 0 Å². The van der Waals surface area contributed by atoms with Gasteiger partial charge in [0.05, 0.1) is 30.2 Å². The van der Waals surface area contributed by atoms with Crippen molar-refractivity contribution in [1.82, 2.24) is 14.9 Å². The van der Waals surface area contributed by atoms with Crippen LogP contribution in [0.15, 0.2) is 34.0 Å². The van der Waals surface area contributed by atoms with Gasteiger partial charge in [-0.3, -0.25) is 14.4 Å². The Kier molecular flexibility index (Phi) is 4.50. The van der Waals surface area contributed by atoms with Gasteiger partial charge in [-0.15, -0.1) is 0 Å². The van der Waals surface area contributed by atoms with Crippen molar-refractivity contribution in [3.8, 4) is 0 Å². The molecule has 2 N–H and O–H groups in total. The molecule has 29 heavy (non-hydrogen) atoms. The van der Waals surface area contributed by atoms with Crippen molar-refractivity contribution in [2.45, 2.75) is 12.6 Å². The maximum atomic E-state index is 13.9. The van der Waals surface area contributed by atoms with Gasteiger partial charge in [0, 0.05) is 24.5 Å². The number of pyridine rings is 2. The molecule has 0 saturated carbocycles.